The lowest BCUT2D eigenvalue weighted by Crippen LogP contribution is -2.00. The first-order chi connectivity index (χ1) is 7.25. The molecule has 3 nitrogen and oxygen atoms in total. The van der Waals surface area contributed by atoms with Gasteiger partial charge < -0.3 is 5.32 Å². The van der Waals surface area contributed by atoms with E-state index in [1.807, 2.05) is 6.07 Å². The van der Waals surface area contributed by atoms with Crippen molar-refractivity contribution in [3.8, 4) is 0 Å². The van der Waals surface area contributed by atoms with Crippen molar-refractivity contribution >= 4 is 5.69 Å². The molecule has 0 saturated carbocycles. The minimum atomic E-state index is 0.780. The molecule has 0 bridgehead atoms. The Morgan fingerprint density at radius 1 is 1.20 bits per heavy atom. The van der Waals surface area contributed by atoms with E-state index >= 15 is 0 Å². The van der Waals surface area contributed by atoms with Crippen molar-refractivity contribution in [2.45, 2.75) is 20.4 Å². The highest BCUT2D eigenvalue weighted by molar-refractivity contribution is 5.48. The summed E-state index contributed by atoms with van der Waals surface area (Å²) in [6.07, 6.45) is 1.76. The molecule has 0 amide bonds. The van der Waals surface area contributed by atoms with Crippen LogP contribution in [0.5, 0.6) is 0 Å². The van der Waals surface area contributed by atoms with Gasteiger partial charge in [0.2, 0.25) is 0 Å². The molecule has 0 spiro atoms. The average molecular weight is 201 g/mol. The molecule has 0 unspecified atom stereocenters. The molecule has 15 heavy (non-hydrogen) atoms. The zero-order valence-electron chi connectivity index (χ0n) is 9.04. The first-order valence-electron chi connectivity index (χ1n) is 5.05. The van der Waals surface area contributed by atoms with Gasteiger partial charge in [0.1, 0.15) is 0 Å². The molecule has 1 aromatic carbocycles. The molecule has 0 radical (unpaired) electrons. The molecule has 0 atom stereocenters. The van der Waals surface area contributed by atoms with Crippen LogP contribution in [-0.2, 0) is 6.54 Å². The van der Waals surface area contributed by atoms with Gasteiger partial charge in [0.25, 0.3) is 0 Å². The summed E-state index contributed by atoms with van der Waals surface area (Å²) in [5, 5.41) is 10.2. The highest BCUT2D eigenvalue weighted by Crippen LogP contribution is 2.14. The molecule has 1 heterocycles. The van der Waals surface area contributed by atoms with Crippen LogP contribution in [-0.4, -0.2) is 10.2 Å². The minimum absolute atomic E-state index is 0.780. The summed E-state index contributed by atoms with van der Waals surface area (Å²) in [6, 6.07) is 8.35. The molecule has 2 N–H and O–H groups in total. The van der Waals surface area contributed by atoms with Crippen LogP contribution in [0.25, 0.3) is 0 Å². The number of hydrogen-bond acceptors (Lipinski definition) is 2. The molecule has 2 rings (SSSR count). The van der Waals surface area contributed by atoms with Crippen LogP contribution in [0.4, 0.5) is 5.69 Å². The van der Waals surface area contributed by atoms with Gasteiger partial charge in [-0.25, -0.2) is 0 Å². The van der Waals surface area contributed by atoms with Crippen molar-refractivity contribution < 1.29 is 0 Å². The Morgan fingerprint density at radius 2 is 2.07 bits per heavy atom. The van der Waals surface area contributed by atoms with Crippen LogP contribution in [0.2, 0.25) is 0 Å². The number of benzene rings is 1. The maximum atomic E-state index is 3.90. The lowest BCUT2D eigenvalue weighted by atomic mass is 10.1. The van der Waals surface area contributed by atoms with Crippen LogP contribution in [0.3, 0.4) is 0 Å². The van der Waals surface area contributed by atoms with Crippen molar-refractivity contribution in [2.24, 2.45) is 0 Å². The molecule has 0 fully saturated rings. The molecule has 0 aliphatic carbocycles. The third kappa shape index (κ3) is 2.37. The predicted molar refractivity (Wildman–Crippen MR) is 61.8 cm³/mol. The molecule has 3 heteroatoms. The Balaban J connectivity index is 2.02. The summed E-state index contributed by atoms with van der Waals surface area (Å²) >= 11 is 0. The second kappa shape index (κ2) is 4.17. The van der Waals surface area contributed by atoms with Crippen LogP contribution in [0.15, 0.2) is 30.5 Å². The largest absolute Gasteiger partial charge is 0.379 e. The zero-order valence-corrected chi connectivity index (χ0v) is 9.04. The molecule has 78 valence electrons. The third-order valence-corrected chi connectivity index (χ3v) is 2.55. The van der Waals surface area contributed by atoms with Gasteiger partial charge in [-0.05, 0) is 43.2 Å². The fourth-order valence-electron chi connectivity index (χ4n) is 1.43. The van der Waals surface area contributed by atoms with E-state index in [1.165, 1.54) is 11.1 Å². The number of rotatable bonds is 3. The number of aromatic nitrogens is 2. The summed E-state index contributed by atoms with van der Waals surface area (Å²) in [5.74, 6) is 0. The number of nitrogens with one attached hydrogen (secondary N) is 2. The van der Waals surface area contributed by atoms with Gasteiger partial charge in [-0.1, -0.05) is 6.07 Å². The highest BCUT2D eigenvalue weighted by atomic mass is 15.1. The fraction of sp³-hybridized carbons (Fsp3) is 0.250. The number of nitrogens with zero attached hydrogens (tertiary/aromatic N) is 1. The Bertz CT molecular complexity index is 432. The van der Waals surface area contributed by atoms with Gasteiger partial charge in [-0.3, -0.25) is 5.10 Å². The van der Waals surface area contributed by atoms with E-state index in [0.717, 1.165) is 17.9 Å². The van der Waals surface area contributed by atoms with E-state index in [0.29, 0.717) is 0 Å². The van der Waals surface area contributed by atoms with Crippen LogP contribution < -0.4 is 5.32 Å². The lowest BCUT2D eigenvalue weighted by molar-refractivity contribution is 0.981. The predicted octanol–water partition coefficient (Wildman–Crippen LogP) is 2.64. The molecular formula is C12H15N3. The highest BCUT2D eigenvalue weighted by Gasteiger charge is 1.97. The second-order valence-electron chi connectivity index (χ2n) is 3.73. The van der Waals surface area contributed by atoms with Crippen LogP contribution in [0.1, 0.15) is 16.8 Å². The molecule has 0 saturated heterocycles. The molecule has 0 aliphatic rings. The molecule has 1 aromatic heterocycles. The normalized spacial score (nSPS) is 10.3. The SMILES string of the molecule is Cc1ccc(NCc2ccn[nH]2)cc1C. The van der Waals surface area contributed by atoms with E-state index in [9.17, 15) is 0 Å². The van der Waals surface area contributed by atoms with Gasteiger partial charge in [-0.2, -0.15) is 5.10 Å². The van der Waals surface area contributed by atoms with Crippen molar-refractivity contribution in [1.82, 2.24) is 10.2 Å². The summed E-state index contributed by atoms with van der Waals surface area (Å²) in [4.78, 5) is 0. The average Bonchev–Trinajstić information content (AvgIpc) is 2.73. The summed E-state index contributed by atoms with van der Waals surface area (Å²) in [5.41, 5.74) is 4.87. The fourth-order valence-corrected chi connectivity index (χ4v) is 1.43. The Kier molecular flexibility index (Phi) is 2.72. The van der Waals surface area contributed by atoms with Gasteiger partial charge in [0.15, 0.2) is 0 Å². The summed E-state index contributed by atoms with van der Waals surface area (Å²) in [6.45, 7) is 5.02. The Hall–Kier alpha value is -1.77. The van der Waals surface area contributed by atoms with Crippen molar-refractivity contribution in [3.05, 3.63) is 47.3 Å². The number of aryl methyl sites for hydroxylation is 2. The van der Waals surface area contributed by atoms with Gasteiger partial charge >= 0.3 is 0 Å². The number of H-pyrrole nitrogens is 1. The van der Waals surface area contributed by atoms with E-state index in [2.05, 4.69) is 47.6 Å². The maximum Gasteiger partial charge on any atom is 0.0567 e. The summed E-state index contributed by atoms with van der Waals surface area (Å²) < 4.78 is 0. The van der Waals surface area contributed by atoms with Crippen molar-refractivity contribution in [2.75, 3.05) is 5.32 Å². The van der Waals surface area contributed by atoms with Crippen LogP contribution >= 0.6 is 0 Å². The van der Waals surface area contributed by atoms with E-state index in [-0.39, 0.29) is 0 Å². The number of hydrogen-bond donors (Lipinski definition) is 2. The molecule has 0 aliphatic heterocycles. The maximum absolute atomic E-state index is 3.90. The second-order valence-corrected chi connectivity index (χ2v) is 3.73. The first kappa shape index (κ1) is 9.77. The third-order valence-electron chi connectivity index (χ3n) is 2.55. The number of anilines is 1. The Morgan fingerprint density at radius 3 is 2.73 bits per heavy atom. The summed E-state index contributed by atoms with van der Waals surface area (Å²) in [7, 11) is 0. The zero-order chi connectivity index (χ0) is 10.7. The molecular weight excluding hydrogens is 186 g/mol. The minimum Gasteiger partial charge on any atom is -0.379 e. The Labute approximate surface area is 89.5 Å². The van der Waals surface area contributed by atoms with Gasteiger partial charge in [0, 0.05) is 11.9 Å². The lowest BCUT2D eigenvalue weighted by Gasteiger charge is -2.07. The van der Waals surface area contributed by atoms with Crippen molar-refractivity contribution in [3.63, 3.8) is 0 Å². The van der Waals surface area contributed by atoms with Crippen molar-refractivity contribution in [1.29, 1.82) is 0 Å². The van der Waals surface area contributed by atoms with Gasteiger partial charge in [0.05, 0.1) is 12.2 Å². The van der Waals surface area contributed by atoms with Gasteiger partial charge in [-0.15, -0.1) is 0 Å². The number of aromatic amines is 1. The van der Waals surface area contributed by atoms with E-state index in [1.54, 1.807) is 6.20 Å². The van der Waals surface area contributed by atoms with E-state index in [4.69, 9.17) is 0 Å². The monoisotopic (exact) mass is 201 g/mol. The first-order valence-corrected chi connectivity index (χ1v) is 5.05. The van der Waals surface area contributed by atoms with E-state index < -0.39 is 0 Å². The van der Waals surface area contributed by atoms with Crippen LogP contribution in [0, 0.1) is 13.8 Å². The smallest absolute Gasteiger partial charge is 0.0567 e. The topological polar surface area (TPSA) is 40.7 Å². The molecule has 2 aromatic rings. The quantitative estimate of drug-likeness (QED) is 0.801. The standard InChI is InChI=1S/C12H15N3/c1-9-3-4-11(7-10(9)2)13-8-12-5-6-14-15-12/h3-7,13H,8H2,1-2H3,(H,14,15).